The van der Waals surface area contributed by atoms with Crippen LogP contribution in [0.3, 0.4) is 0 Å². The maximum absolute atomic E-state index is 6.11. The third kappa shape index (κ3) is 2.23. The van der Waals surface area contributed by atoms with Gasteiger partial charge in [-0.25, -0.2) is 0 Å². The van der Waals surface area contributed by atoms with E-state index in [9.17, 15) is 0 Å². The smallest absolute Gasteiger partial charge is 0.0474 e. The summed E-state index contributed by atoms with van der Waals surface area (Å²) in [6.07, 6.45) is 0. The third-order valence-electron chi connectivity index (χ3n) is 2.66. The standard InChI is InChI=1S/C14H12Cl2/c1-10-13(6-3-7-14(10)16)12-5-2-4-11(8-12)9-15/h2-8H,9H2,1H3. The Morgan fingerprint density at radius 2 is 1.81 bits per heavy atom. The van der Waals surface area contributed by atoms with E-state index in [0.717, 1.165) is 21.7 Å². The highest BCUT2D eigenvalue weighted by atomic mass is 35.5. The molecule has 0 aromatic heterocycles. The molecule has 0 bridgehead atoms. The highest BCUT2D eigenvalue weighted by Gasteiger charge is 2.04. The molecule has 0 aliphatic carbocycles. The van der Waals surface area contributed by atoms with Gasteiger partial charge in [0.25, 0.3) is 0 Å². The van der Waals surface area contributed by atoms with Gasteiger partial charge in [0.15, 0.2) is 0 Å². The van der Waals surface area contributed by atoms with E-state index in [2.05, 4.69) is 18.2 Å². The molecule has 0 saturated heterocycles. The minimum Gasteiger partial charge on any atom is -0.122 e. The molecule has 0 aliphatic rings. The van der Waals surface area contributed by atoms with Crippen LogP contribution in [0.5, 0.6) is 0 Å². The Kier molecular flexibility index (Phi) is 3.52. The fourth-order valence-electron chi connectivity index (χ4n) is 1.74. The van der Waals surface area contributed by atoms with Crippen LogP contribution in [0.2, 0.25) is 5.02 Å². The Labute approximate surface area is 106 Å². The first-order chi connectivity index (χ1) is 7.72. The quantitative estimate of drug-likeness (QED) is 0.655. The lowest BCUT2D eigenvalue weighted by atomic mass is 9.99. The molecule has 0 heterocycles. The Balaban J connectivity index is 2.54. The summed E-state index contributed by atoms with van der Waals surface area (Å²) in [5.41, 5.74) is 4.56. The molecule has 2 aromatic rings. The summed E-state index contributed by atoms with van der Waals surface area (Å²) in [5.74, 6) is 0.535. The normalized spacial score (nSPS) is 10.4. The zero-order valence-electron chi connectivity index (χ0n) is 9.00. The van der Waals surface area contributed by atoms with Crippen LogP contribution in [0.1, 0.15) is 11.1 Å². The van der Waals surface area contributed by atoms with Gasteiger partial charge in [-0.15, -0.1) is 11.6 Å². The summed E-state index contributed by atoms with van der Waals surface area (Å²) < 4.78 is 0. The topological polar surface area (TPSA) is 0 Å². The van der Waals surface area contributed by atoms with Gasteiger partial charge in [0.2, 0.25) is 0 Å². The summed E-state index contributed by atoms with van der Waals surface area (Å²) in [6, 6.07) is 14.2. The number of hydrogen-bond acceptors (Lipinski definition) is 0. The van der Waals surface area contributed by atoms with Gasteiger partial charge in [0.1, 0.15) is 0 Å². The van der Waals surface area contributed by atoms with E-state index in [4.69, 9.17) is 23.2 Å². The lowest BCUT2D eigenvalue weighted by molar-refractivity contribution is 1.39. The van der Waals surface area contributed by atoms with Crippen LogP contribution in [-0.2, 0) is 5.88 Å². The van der Waals surface area contributed by atoms with Gasteiger partial charge in [0, 0.05) is 10.9 Å². The molecular weight excluding hydrogens is 239 g/mol. The van der Waals surface area contributed by atoms with Gasteiger partial charge >= 0.3 is 0 Å². The predicted octanol–water partition coefficient (Wildman–Crippen LogP) is 5.05. The molecule has 0 spiro atoms. The first-order valence-corrected chi connectivity index (χ1v) is 6.04. The highest BCUT2D eigenvalue weighted by Crippen LogP contribution is 2.28. The second-order valence-corrected chi connectivity index (χ2v) is 4.42. The van der Waals surface area contributed by atoms with Crippen molar-refractivity contribution in [2.75, 3.05) is 0 Å². The van der Waals surface area contributed by atoms with Crippen molar-refractivity contribution in [2.24, 2.45) is 0 Å². The van der Waals surface area contributed by atoms with E-state index in [1.54, 1.807) is 0 Å². The second kappa shape index (κ2) is 4.90. The molecular formula is C14H12Cl2. The number of benzene rings is 2. The van der Waals surface area contributed by atoms with Crippen molar-refractivity contribution in [3.63, 3.8) is 0 Å². The maximum atomic E-state index is 6.11. The molecule has 0 atom stereocenters. The molecule has 82 valence electrons. The number of rotatable bonds is 2. The fourth-order valence-corrected chi connectivity index (χ4v) is 2.08. The van der Waals surface area contributed by atoms with Crippen LogP contribution in [0.4, 0.5) is 0 Å². The summed E-state index contributed by atoms with van der Waals surface area (Å²) in [7, 11) is 0. The summed E-state index contributed by atoms with van der Waals surface area (Å²) >= 11 is 11.9. The van der Waals surface area contributed by atoms with E-state index in [0.29, 0.717) is 5.88 Å². The Hall–Kier alpha value is -0.980. The number of halogens is 2. The van der Waals surface area contributed by atoms with Crippen LogP contribution < -0.4 is 0 Å². The molecule has 0 radical (unpaired) electrons. The predicted molar refractivity (Wildman–Crippen MR) is 71.2 cm³/mol. The Bertz CT molecular complexity index is 504. The van der Waals surface area contributed by atoms with Crippen LogP contribution in [0, 0.1) is 6.92 Å². The van der Waals surface area contributed by atoms with Crippen LogP contribution in [-0.4, -0.2) is 0 Å². The van der Waals surface area contributed by atoms with Crippen LogP contribution in [0.25, 0.3) is 11.1 Å². The van der Waals surface area contributed by atoms with E-state index >= 15 is 0 Å². The first kappa shape index (κ1) is 11.5. The first-order valence-electron chi connectivity index (χ1n) is 5.13. The monoisotopic (exact) mass is 250 g/mol. The minimum atomic E-state index is 0.535. The van der Waals surface area contributed by atoms with Gasteiger partial charge in [-0.3, -0.25) is 0 Å². The van der Waals surface area contributed by atoms with E-state index in [1.165, 1.54) is 5.56 Å². The lowest BCUT2D eigenvalue weighted by Gasteiger charge is -2.08. The zero-order valence-corrected chi connectivity index (χ0v) is 10.5. The zero-order chi connectivity index (χ0) is 11.5. The van der Waals surface area contributed by atoms with Crippen LogP contribution in [0.15, 0.2) is 42.5 Å². The Morgan fingerprint density at radius 1 is 1.06 bits per heavy atom. The number of hydrogen-bond donors (Lipinski definition) is 0. The second-order valence-electron chi connectivity index (χ2n) is 3.75. The van der Waals surface area contributed by atoms with Gasteiger partial charge < -0.3 is 0 Å². The lowest BCUT2D eigenvalue weighted by Crippen LogP contribution is -1.86. The molecule has 0 nitrogen and oxygen atoms in total. The maximum Gasteiger partial charge on any atom is 0.0474 e. The fraction of sp³-hybridized carbons (Fsp3) is 0.143. The third-order valence-corrected chi connectivity index (χ3v) is 3.38. The average molecular weight is 251 g/mol. The number of alkyl halides is 1. The molecule has 0 aliphatic heterocycles. The molecule has 0 N–H and O–H groups in total. The molecule has 2 aromatic carbocycles. The van der Waals surface area contributed by atoms with Gasteiger partial charge in [-0.1, -0.05) is 41.9 Å². The molecule has 16 heavy (non-hydrogen) atoms. The van der Waals surface area contributed by atoms with Crippen molar-refractivity contribution in [3.05, 3.63) is 58.6 Å². The molecule has 0 saturated carbocycles. The molecule has 0 fully saturated rings. The SMILES string of the molecule is Cc1c(Cl)cccc1-c1cccc(CCl)c1. The Morgan fingerprint density at radius 3 is 2.56 bits per heavy atom. The van der Waals surface area contributed by atoms with Crippen molar-refractivity contribution < 1.29 is 0 Å². The van der Waals surface area contributed by atoms with Gasteiger partial charge in [-0.05, 0) is 41.3 Å². The molecule has 2 heteroatoms. The molecule has 2 rings (SSSR count). The molecule has 0 amide bonds. The van der Waals surface area contributed by atoms with Crippen molar-refractivity contribution in [2.45, 2.75) is 12.8 Å². The van der Waals surface area contributed by atoms with Gasteiger partial charge in [0.05, 0.1) is 0 Å². The van der Waals surface area contributed by atoms with Crippen molar-refractivity contribution in [1.29, 1.82) is 0 Å². The largest absolute Gasteiger partial charge is 0.122 e. The minimum absolute atomic E-state index is 0.535. The van der Waals surface area contributed by atoms with E-state index in [1.807, 2.05) is 31.2 Å². The van der Waals surface area contributed by atoms with Crippen molar-refractivity contribution in [1.82, 2.24) is 0 Å². The summed E-state index contributed by atoms with van der Waals surface area (Å²) in [5, 5.41) is 0.800. The average Bonchev–Trinajstić information content (AvgIpc) is 2.33. The summed E-state index contributed by atoms with van der Waals surface area (Å²) in [6.45, 7) is 2.03. The van der Waals surface area contributed by atoms with Gasteiger partial charge in [-0.2, -0.15) is 0 Å². The van der Waals surface area contributed by atoms with Crippen molar-refractivity contribution >= 4 is 23.2 Å². The highest BCUT2D eigenvalue weighted by molar-refractivity contribution is 6.31. The van der Waals surface area contributed by atoms with Crippen LogP contribution >= 0.6 is 23.2 Å². The summed E-state index contributed by atoms with van der Waals surface area (Å²) in [4.78, 5) is 0. The molecule has 0 unspecified atom stereocenters. The van der Waals surface area contributed by atoms with Crippen molar-refractivity contribution in [3.8, 4) is 11.1 Å². The van der Waals surface area contributed by atoms with E-state index < -0.39 is 0 Å². The van der Waals surface area contributed by atoms with E-state index in [-0.39, 0.29) is 0 Å².